The first-order valence-electron chi connectivity index (χ1n) is 4.29. The summed E-state index contributed by atoms with van der Waals surface area (Å²) in [4.78, 5) is 14.1. The number of hydrogen-bond donors (Lipinski definition) is 0. The molecule has 0 aliphatic carbocycles. The molecule has 0 saturated carbocycles. The third kappa shape index (κ3) is 4.06. The molecule has 0 bridgehead atoms. The van der Waals surface area contributed by atoms with Crippen LogP contribution in [0.3, 0.4) is 0 Å². The number of anilines is 1. The van der Waals surface area contributed by atoms with Crippen LogP contribution in [0.2, 0.25) is 5.15 Å². The van der Waals surface area contributed by atoms with Crippen molar-refractivity contribution in [2.75, 3.05) is 18.5 Å². The fourth-order valence-corrected chi connectivity index (χ4v) is 1.32. The van der Waals surface area contributed by atoms with Crippen molar-refractivity contribution in [3.8, 4) is 0 Å². The van der Waals surface area contributed by atoms with E-state index in [0.29, 0.717) is 0 Å². The lowest BCUT2D eigenvalue weighted by Crippen LogP contribution is -2.31. The SMILES string of the molecule is CN(CC(F)(F)F)c1cc([N+](=O)[O-])cc(Cl)n1. The average Bonchev–Trinajstić information content (AvgIpc) is 2.13. The molecule has 1 aromatic heterocycles. The molecule has 94 valence electrons. The Kier molecular flexibility index (Phi) is 3.76. The van der Waals surface area contributed by atoms with Crippen molar-refractivity contribution in [1.29, 1.82) is 0 Å². The molecule has 9 heteroatoms. The summed E-state index contributed by atoms with van der Waals surface area (Å²) in [6, 6.07) is 1.89. The standard InChI is InChI=1S/C8H7ClF3N3O2/c1-14(4-8(10,11)12)7-3-5(15(16)17)2-6(9)13-7/h2-3H,4H2,1H3. The molecule has 1 aromatic rings. The van der Waals surface area contributed by atoms with E-state index in [9.17, 15) is 23.3 Å². The first-order chi connectivity index (χ1) is 7.69. The minimum atomic E-state index is -4.42. The highest BCUT2D eigenvalue weighted by atomic mass is 35.5. The molecule has 0 spiro atoms. The lowest BCUT2D eigenvalue weighted by molar-refractivity contribution is -0.384. The van der Waals surface area contributed by atoms with Gasteiger partial charge in [-0.1, -0.05) is 11.6 Å². The molecule has 0 radical (unpaired) electrons. The predicted molar refractivity (Wildman–Crippen MR) is 55.2 cm³/mol. The minimum absolute atomic E-state index is 0.207. The van der Waals surface area contributed by atoms with Gasteiger partial charge in [0.25, 0.3) is 5.69 Å². The predicted octanol–water partition coefficient (Wildman–Crippen LogP) is 2.64. The van der Waals surface area contributed by atoms with Crippen LogP contribution in [0.25, 0.3) is 0 Å². The Labute approximate surface area is 99.0 Å². The largest absolute Gasteiger partial charge is 0.405 e. The highest BCUT2D eigenvalue weighted by Crippen LogP contribution is 2.25. The van der Waals surface area contributed by atoms with Gasteiger partial charge < -0.3 is 4.90 Å². The molecule has 0 aliphatic rings. The van der Waals surface area contributed by atoms with Crippen molar-refractivity contribution in [3.05, 3.63) is 27.4 Å². The second kappa shape index (κ2) is 4.74. The van der Waals surface area contributed by atoms with Crippen molar-refractivity contribution >= 4 is 23.1 Å². The molecular weight excluding hydrogens is 263 g/mol. The Morgan fingerprint density at radius 2 is 2.12 bits per heavy atom. The molecule has 5 nitrogen and oxygen atoms in total. The van der Waals surface area contributed by atoms with Crippen LogP contribution in [0.15, 0.2) is 12.1 Å². The molecule has 1 heterocycles. The highest BCUT2D eigenvalue weighted by Gasteiger charge is 2.30. The topological polar surface area (TPSA) is 59.3 Å². The van der Waals surface area contributed by atoms with Gasteiger partial charge in [0.2, 0.25) is 0 Å². The number of aromatic nitrogens is 1. The van der Waals surface area contributed by atoms with Gasteiger partial charge in [-0.2, -0.15) is 13.2 Å². The van der Waals surface area contributed by atoms with Crippen LogP contribution in [-0.4, -0.2) is 29.7 Å². The molecule has 0 unspecified atom stereocenters. The average molecular weight is 270 g/mol. The van der Waals surface area contributed by atoms with E-state index in [-0.39, 0.29) is 11.0 Å². The zero-order valence-electron chi connectivity index (χ0n) is 8.53. The minimum Gasteiger partial charge on any atom is -0.350 e. The van der Waals surface area contributed by atoms with Gasteiger partial charge in [0.15, 0.2) is 0 Å². The number of pyridine rings is 1. The third-order valence-electron chi connectivity index (χ3n) is 1.78. The van der Waals surface area contributed by atoms with Crippen LogP contribution in [-0.2, 0) is 0 Å². The van der Waals surface area contributed by atoms with Gasteiger partial charge in [-0.25, -0.2) is 4.98 Å². The normalized spacial score (nSPS) is 11.4. The first-order valence-corrected chi connectivity index (χ1v) is 4.67. The summed E-state index contributed by atoms with van der Waals surface area (Å²) in [5, 5.41) is 10.3. The molecule has 0 aromatic carbocycles. The fraction of sp³-hybridized carbons (Fsp3) is 0.375. The number of nitrogens with zero attached hydrogens (tertiary/aromatic N) is 3. The molecule has 17 heavy (non-hydrogen) atoms. The van der Waals surface area contributed by atoms with E-state index in [4.69, 9.17) is 11.6 Å². The molecule has 1 rings (SSSR count). The zero-order chi connectivity index (χ0) is 13.2. The van der Waals surface area contributed by atoms with E-state index >= 15 is 0 Å². The van der Waals surface area contributed by atoms with Gasteiger partial charge >= 0.3 is 6.18 Å². The lowest BCUT2D eigenvalue weighted by atomic mass is 10.3. The second-order valence-corrected chi connectivity index (χ2v) is 3.62. The summed E-state index contributed by atoms with van der Waals surface area (Å²) in [5.41, 5.74) is -0.408. The summed E-state index contributed by atoms with van der Waals surface area (Å²) in [6.07, 6.45) is -4.42. The molecule has 0 saturated heterocycles. The van der Waals surface area contributed by atoms with Crippen LogP contribution >= 0.6 is 11.6 Å². The summed E-state index contributed by atoms with van der Waals surface area (Å²) in [6.45, 7) is -1.27. The third-order valence-corrected chi connectivity index (χ3v) is 1.98. The Balaban J connectivity index is 3.01. The fourth-order valence-electron chi connectivity index (χ4n) is 1.12. The van der Waals surface area contributed by atoms with Crippen LogP contribution in [0.1, 0.15) is 0 Å². The van der Waals surface area contributed by atoms with E-state index in [0.717, 1.165) is 24.1 Å². The Bertz CT molecular complexity index is 439. The maximum absolute atomic E-state index is 12.1. The van der Waals surface area contributed by atoms with Crippen molar-refractivity contribution in [3.63, 3.8) is 0 Å². The monoisotopic (exact) mass is 269 g/mol. The highest BCUT2D eigenvalue weighted by molar-refractivity contribution is 6.29. The zero-order valence-corrected chi connectivity index (χ0v) is 9.29. The molecule has 0 fully saturated rings. The maximum atomic E-state index is 12.1. The Morgan fingerprint density at radius 3 is 2.59 bits per heavy atom. The van der Waals surface area contributed by atoms with Crippen LogP contribution in [0, 0.1) is 10.1 Å². The van der Waals surface area contributed by atoms with Crippen molar-refractivity contribution in [1.82, 2.24) is 4.98 Å². The summed E-state index contributed by atoms with van der Waals surface area (Å²) in [5.74, 6) is -0.207. The van der Waals surface area contributed by atoms with Gasteiger partial charge in [-0.05, 0) is 0 Å². The number of alkyl halides is 3. The molecule has 0 N–H and O–H groups in total. The molecule has 0 aliphatic heterocycles. The van der Waals surface area contributed by atoms with Gasteiger partial charge in [0.05, 0.1) is 17.1 Å². The van der Waals surface area contributed by atoms with E-state index in [2.05, 4.69) is 4.98 Å². The van der Waals surface area contributed by atoms with Crippen LogP contribution in [0.4, 0.5) is 24.7 Å². The Morgan fingerprint density at radius 1 is 1.53 bits per heavy atom. The molecule has 0 amide bonds. The Hall–Kier alpha value is -1.57. The van der Waals surface area contributed by atoms with E-state index in [1.807, 2.05) is 0 Å². The molecule has 0 atom stereocenters. The van der Waals surface area contributed by atoms with Crippen LogP contribution in [0.5, 0.6) is 0 Å². The summed E-state index contributed by atoms with van der Waals surface area (Å²) >= 11 is 5.49. The quantitative estimate of drug-likeness (QED) is 0.481. The molecular formula is C8H7ClF3N3O2. The van der Waals surface area contributed by atoms with Gasteiger partial charge in [-0.15, -0.1) is 0 Å². The van der Waals surface area contributed by atoms with Crippen molar-refractivity contribution in [2.24, 2.45) is 0 Å². The number of hydrogen-bond acceptors (Lipinski definition) is 4. The van der Waals surface area contributed by atoms with Gasteiger partial charge in [0.1, 0.15) is 17.5 Å². The van der Waals surface area contributed by atoms with Gasteiger partial charge in [-0.3, -0.25) is 10.1 Å². The second-order valence-electron chi connectivity index (χ2n) is 3.23. The summed E-state index contributed by atoms with van der Waals surface area (Å²) in [7, 11) is 1.12. The first kappa shape index (κ1) is 13.5. The number of rotatable bonds is 3. The van der Waals surface area contributed by atoms with E-state index < -0.39 is 23.3 Å². The van der Waals surface area contributed by atoms with Crippen molar-refractivity contribution in [2.45, 2.75) is 6.18 Å². The van der Waals surface area contributed by atoms with Crippen LogP contribution < -0.4 is 4.90 Å². The van der Waals surface area contributed by atoms with Crippen molar-refractivity contribution < 1.29 is 18.1 Å². The summed E-state index contributed by atoms with van der Waals surface area (Å²) < 4.78 is 36.3. The maximum Gasteiger partial charge on any atom is 0.405 e. The van der Waals surface area contributed by atoms with E-state index in [1.54, 1.807) is 0 Å². The smallest absolute Gasteiger partial charge is 0.350 e. The lowest BCUT2D eigenvalue weighted by Gasteiger charge is -2.19. The number of halogens is 4. The van der Waals surface area contributed by atoms with Gasteiger partial charge in [0, 0.05) is 7.05 Å². The number of nitro groups is 1. The van der Waals surface area contributed by atoms with E-state index in [1.165, 1.54) is 0 Å².